The molecule has 0 fully saturated rings. The second-order valence-corrected chi connectivity index (χ2v) is 12.4. The summed E-state index contributed by atoms with van der Waals surface area (Å²) in [5.74, 6) is -4.06. The lowest BCUT2D eigenvalue weighted by Gasteiger charge is -2.30. The van der Waals surface area contributed by atoms with Crippen LogP contribution in [0, 0.1) is 26.4 Å². The number of halogens is 4. The van der Waals surface area contributed by atoms with Crippen molar-refractivity contribution in [2.75, 3.05) is 11.9 Å². The normalized spacial score (nSPS) is 12.5. The molecule has 0 aliphatic rings. The van der Waals surface area contributed by atoms with Gasteiger partial charge in [0.15, 0.2) is 20.7 Å². The highest BCUT2D eigenvalue weighted by Gasteiger charge is 2.29. The molecule has 0 spiro atoms. The minimum Gasteiger partial charge on any atom is -0.418 e. The highest BCUT2D eigenvalue weighted by Crippen LogP contribution is 2.31. The Bertz CT molecular complexity index is 1030. The monoisotopic (exact) mass is 592 g/mol. The molecule has 0 aromatic heterocycles. The van der Waals surface area contributed by atoms with E-state index >= 15 is 0 Å². The number of amides is 1. The van der Waals surface area contributed by atoms with Gasteiger partial charge in [0.1, 0.15) is 11.9 Å². The summed E-state index contributed by atoms with van der Waals surface area (Å²) in [7, 11) is -1.33. The topological polar surface area (TPSA) is 59.6 Å². The van der Waals surface area contributed by atoms with Gasteiger partial charge >= 0.3 is 0 Å². The molecule has 0 radical (unpaired) electrons. The average molecular weight is 592 g/mol. The average Bonchev–Trinajstić information content (AvgIpc) is 2.71. The molecule has 0 heterocycles. The fourth-order valence-corrected chi connectivity index (χ4v) is 3.75. The summed E-state index contributed by atoms with van der Waals surface area (Å²) < 4.78 is 50.1. The molecule has 0 aliphatic carbocycles. The van der Waals surface area contributed by atoms with Crippen molar-refractivity contribution in [1.82, 2.24) is 5.48 Å². The molecule has 1 atom stereocenters. The van der Waals surface area contributed by atoms with Crippen LogP contribution in [0.15, 0.2) is 30.8 Å². The van der Waals surface area contributed by atoms with Gasteiger partial charge in [-0.25, -0.2) is 18.7 Å². The first kappa shape index (κ1) is 27.4. The molecule has 2 aromatic carbocycles. The van der Waals surface area contributed by atoms with Gasteiger partial charge in [-0.1, -0.05) is 33.4 Å². The van der Waals surface area contributed by atoms with E-state index in [0.717, 1.165) is 12.1 Å². The lowest BCUT2D eigenvalue weighted by atomic mass is 9.90. The largest absolute Gasteiger partial charge is 0.418 e. The zero-order valence-corrected chi connectivity index (χ0v) is 22.5. The van der Waals surface area contributed by atoms with Gasteiger partial charge in [0.2, 0.25) is 0 Å². The SMILES string of the molecule is C=Cc1cc(C(=O)NOC(CO[SiH](C)C)C(C)(C)C)c(Nc2ccc(I)cc2F)c(F)c1F. The number of rotatable bonds is 9. The predicted octanol–water partition coefficient (Wildman–Crippen LogP) is 6.17. The first-order valence-electron chi connectivity index (χ1n) is 10.3. The van der Waals surface area contributed by atoms with E-state index in [-0.39, 0.29) is 28.8 Å². The number of hydrogen-bond donors (Lipinski definition) is 2. The van der Waals surface area contributed by atoms with Crippen molar-refractivity contribution < 1.29 is 27.2 Å². The van der Waals surface area contributed by atoms with Crippen LogP contribution in [0.4, 0.5) is 24.5 Å². The van der Waals surface area contributed by atoms with Crippen molar-refractivity contribution in [3.05, 3.63) is 63.0 Å². The lowest BCUT2D eigenvalue weighted by Crippen LogP contribution is -2.41. The van der Waals surface area contributed by atoms with Crippen LogP contribution in [0.25, 0.3) is 6.08 Å². The Hall–Kier alpha value is -1.89. The van der Waals surface area contributed by atoms with Crippen molar-refractivity contribution >= 4 is 55.0 Å². The summed E-state index contributed by atoms with van der Waals surface area (Å²) in [6, 6.07) is 5.31. The summed E-state index contributed by atoms with van der Waals surface area (Å²) in [5, 5.41) is 2.50. The van der Waals surface area contributed by atoms with Crippen LogP contribution >= 0.6 is 22.6 Å². The van der Waals surface area contributed by atoms with Crippen molar-refractivity contribution in [3.63, 3.8) is 0 Å². The van der Waals surface area contributed by atoms with E-state index in [1.165, 1.54) is 12.1 Å². The maximum absolute atomic E-state index is 14.9. The van der Waals surface area contributed by atoms with Crippen LogP contribution in [0.5, 0.6) is 0 Å². The van der Waals surface area contributed by atoms with Gasteiger partial charge in [-0.05, 0) is 65.4 Å². The molecule has 5 nitrogen and oxygen atoms in total. The second-order valence-electron chi connectivity index (χ2n) is 8.76. The first-order valence-corrected chi connectivity index (χ1v) is 14.1. The van der Waals surface area contributed by atoms with E-state index in [9.17, 15) is 18.0 Å². The van der Waals surface area contributed by atoms with Gasteiger partial charge < -0.3 is 9.74 Å². The number of carbonyl (C=O) groups is 1. The number of benzene rings is 2. The van der Waals surface area contributed by atoms with E-state index in [1.54, 1.807) is 6.07 Å². The van der Waals surface area contributed by atoms with Gasteiger partial charge in [0.05, 0.1) is 23.5 Å². The summed E-state index contributed by atoms with van der Waals surface area (Å²) in [4.78, 5) is 18.6. The van der Waals surface area contributed by atoms with Gasteiger partial charge in [-0.2, -0.15) is 0 Å². The fourth-order valence-electron chi connectivity index (χ4n) is 2.74. The highest BCUT2D eigenvalue weighted by atomic mass is 127. The van der Waals surface area contributed by atoms with Gasteiger partial charge in [-0.15, -0.1) is 0 Å². The Labute approximate surface area is 207 Å². The molecule has 0 saturated heterocycles. The Morgan fingerprint density at radius 2 is 1.88 bits per heavy atom. The molecule has 0 bridgehead atoms. The second kappa shape index (κ2) is 11.5. The highest BCUT2D eigenvalue weighted by molar-refractivity contribution is 14.1. The zero-order chi connectivity index (χ0) is 24.9. The zero-order valence-electron chi connectivity index (χ0n) is 19.2. The van der Waals surface area contributed by atoms with Crippen molar-refractivity contribution in [3.8, 4) is 0 Å². The summed E-state index contributed by atoms with van der Waals surface area (Å²) in [5.41, 5.74) is 0.828. The Kier molecular flexibility index (Phi) is 9.53. The van der Waals surface area contributed by atoms with Crippen molar-refractivity contribution in [2.24, 2.45) is 5.41 Å². The van der Waals surface area contributed by atoms with Crippen molar-refractivity contribution in [2.45, 2.75) is 40.0 Å². The molecule has 33 heavy (non-hydrogen) atoms. The number of hydroxylamine groups is 1. The van der Waals surface area contributed by atoms with E-state index in [4.69, 9.17) is 9.26 Å². The van der Waals surface area contributed by atoms with E-state index in [1.807, 2.05) is 56.5 Å². The molecule has 1 unspecified atom stereocenters. The molecule has 2 rings (SSSR count). The third-order valence-electron chi connectivity index (χ3n) is 4.73. The number of hydrogen-bond acceptors (Lipinski definition) is 4. The van der Waals surface area contributed by atoms with Gasteiger partial charge in [0, 0.05) is 9.13 Å². The van der Waals surface area contributed by atoms with E-state index < -0.39 is 44.2 Å². The first-order chi connectivity index (χ1) is 15.3. The van der Waals surface area contributed by atoms with Gasteiger partial charge in [0.25, 0.3) is 5.91 Å². The molecule has 10 heteroatoms. The quantitative estimate of drug-likeness (QED) is 0.208. The third-order valence-corrected chi connectivity index (χ3v) is 6.26. The molecule has 0 aliphatic heterocycles. The third kappa shape index (κ3) is 7.29. The summed E-state index contributed by atoms with van der Waals surface area (Å²) >= 11 is 1.92. The van der Waals surface area contributed by atoms with Crippen LogP contribution < -0.4 is 10.8 Å². The fraction of sp³-hybridized carbons (Fsp3) is 0.348. The maximum Gasteiger partial charge on any atom is 0.277 e. The van der Waals surface area contributed by atoms with Crippen molar-refractivity contribution in [1.29, 1.82) is 0 Å². The molecule has 0 saturated carbocycles. The smallest absolute Gasteiger partial charge is 0.277 e. The minimum atomic E-state index is -1.34. The summed E-state index contributed by atoms with van der Waals surface area (Å²) in [6.45, 7) is 13.5. The van der Waals surface area contributed by atoms with E-state index in [0.29, 0.717) is 3.57 Å². The minimum absolute atomic E-state index is 0.113. The van der Waals surface area contributed by atoms with E-state index in [2.05, 4.69) is 17.4 Å². The molecular formula is C23H28F3IN2O3Si. The predicted molar refractivity (Wildman–Crippen MR) is 135 cm³/mol. The molecule has 180 valence electrons. The molecular weight excluding hydrogens is 564 g/mol. The Morgan fingerprint density at radius 1 is 1.21 bits per heavy atom. The number of anilines is 2. The van der Waals surface area contributed by atoms with Crippen LogP contribution in [0.3, 0.4) is 0 Å². The number of nitrogens with one attached hydrogen (secondary N) is 2. The standard InChI is InChI=1S/C23H28F3IN2O3Si/c1-7-13-10-15(22(30)29-32-18(23(2,3)4)12-31-33(5)6)21(20(26)19(13)25)28-17-9-8-14(27)11-16(17)24/h7-11,18,28,33H,1,12H2,2-6H3,(H,29,30). The molecule has 2 N–H and O–H groups in total. The van der Waals surface area contributed by atoms with Crippen LogP contribution in [-0.4, -0.2) is 27.7 Å². The number of carbonyl (C=O) groups excluding carboxylic acids is 1. The van der Waals surface area contributed by atoms with Crippen LogP contribution in [0.1, 0.15) is 36.7 Å². The Morgan fingerprint density at radius 3 is 2.42 bits per heavy atom. The van der Waals surface area contributed by atoms with Crippen LogP contribution in [-0.2, 0) is 9.26 Å². The molecule has 2 aromatic rings. The lowest BCUT2D eigenvalue weighted by molar-refractivity contribution is -0.0839. The Balaban J connectivity index is 2.39. The van der Waals surface area contributed by atoms with Gasteiger partial charge in [-0.3, -0.25) is 9.63 Å². The molecule has 1 amide bonds. The summed E-state index contributed by atoms with van der Waals surface area (Å²) in [6.07, 6.45) is 0.593. The van der Waals surface area contributed by atoms with Crippen LogP contribution in [0.2, 0.25) is 13.1 Å². The maximum atomic E-state index is 14.9.